The van der Waals surface area contributed by atoms with Crippen molar-refractivity contribution < 1.29 is 31.8 Å². The lowest BCUT2D eigenvalue weighted by atomic mass is 10.2. The quantitative estimate of drug-likeness (QED) is 0.561. The monoisotopic (exact) mass is 437 g/mol. The van der Waals surface area contributed by atoms with Crippen LogP contribution in [0.25, 0.3) is 0 Å². The van der Waals surface area contributed by atoms with E-state index < -0.39 is 15.8 Å². The van der Waals surface area contributed by atoms with E-state index >= 15 is 0 Å². The molecule has 0 radical (unpaired) electrons. The van der Waals surface area contributed by atoms with Crippen molar-refractivity contribution in [3.05, 3.63) is 53.8 Å². The summed E-state index contributed by atoms with van der Waals surface area (Å²) in [6, 6.07) is 10.1. The third-order valence-corrected chi connectivity index (χ3v) is 6.36. The van der Waals surface area contributed by atoms with Gasteiger partial charge in [-0.05, 0) is 43.2 Å². The van der Waals surface area contributed by atoms with Crippen LogP contribution in [0, 0.1) is 5.82 Å². The Morgan fingerprint density at radius 1 is 1.10 bits per heavy atom. The molecular formula is C21H24FNO6S. The van der Waals surface area contributed by atoms with E-state index in [1.54, 1.807) is 13.0 Å². The lowest BCUT2D eigenvalue weighted by molar-refractivity contribution is -0.143. The van der Waals surface area contributed by atoms with Crippen LogP contribution in [0.2, 0.25) is 0 Å². The van der Waals surface area contributed by atoms with Crippen LogP contribution in [-0.4, -0.2) is 45.1 Å². The lowest BCUT2D eigenvalue weighted by Gasteiger charge is -2.24. The molecule has 9 heteroatoms. The van der Waals surface area contributed by atoms with Crippen LogP contribution in [0.4, 0.5) is 4.39 Å². The van der Waals surface area contributed by atoms with Gasteiger partial charge in [-0.15, -0.1) is 0 Å². The molecule has 2 aromatic rings. The second-order valence-electron chi connectivity index (χ2n) is 6.68. The average molecular weight is 437 g/mol. The van der Waals surface area contributed by atoms with E-state index in [0.717, 1.165) is 0 Å². The van der Waals surface area contributed by atoms with Gasteiger partial charge in [-0.25, -0.2) is 12.8 Å². The molecule has 2 aromatic carbocycles. The van der Waals surface area contributed by atoms with E-state index in [9.17, 15) is 17.6 Å². The predicted octanol–water partition coefficient (Wildman–Crippen LogP) is 3.13. The molecule has 0 saturated heterocycles. The third kappa shape index (κ3) is 5.48. The van der Waals surface area contributed by atoms with E-state index in [4.69, 9.17) is 14.2 Å². The highest BCUT2D eigenvalue weighted by molar-refractivity contribution is 7.89. The van der Waals surface area contributed by atoms with Gasteiger partial charge in [0.25, 0.3) is 0 Å². The number of hydrogen-bond acceptors (Lipinski definition) is 6. The number of sulfonamides is 1. The number of halogens is 1. The van der Waals surface area contributed by atoms with Crippen molar-refractivity contribution in [2.45, 2.75) is 31.2 Å². The Bertz CT molecular complexity index is 977. The zero-order valence-corrected chi connectivity index (χ0v) is 17.5. The first kappa shape index (κ1) is 22.0. The minimum Gasteiger partial charge on any atom is -0.486 e. The Balaban J connectivity index is 1.83. The third-order valence-electron chi connectivity index (χ3n) is 4.52. The molecule has 0 spiro atoms. The van der Waals surface area contributed by atoms with Crippen molar-refractivity contribution in [1.82, 2.24) is 4.31 Å². The standard InChI is InChI=1S/C21H24FNO6S/c1-2-27-21(24)4-3-11-23(15-16-5-7-17(22)8-6-16)30(25,26)18-9-10-19-20(14-18)29-13-12-28-19/h5-10,14H,2-4,11-13,15H2,1H3. The van der Waals surface area contributed by atoms with Gasteiger partial charge in [-0.3, -0.25) is 4.79 Å². The second kappa shape index (κ2) is 9.90. The van der Waals surface area contributed by atoms with Crippen molar-refractivity contribution in [2.75, 3.05) is 26.4 Å². The minimum absolute atomic E-state index is 0.0415. The van der Waals surface area contributed by atoms with Gasteiger partial charge in [-0.1, -0.05) is 12.1 Å². The highest BCUT2D eigenvalue weighted by atomic mass is 32.2. The molecule has 162 valence electrons. The molecule has 0 N–H and O–H groups in total. The number of ether oxygens (including phenoxy) is 3. The highest BCUT2D eigenvalue weighted by Crippen LogP contribution is 2.33. The number of nitrogens with zero attached hydrogens (tertiary/aromatic N) is 1. The normalized spacial score (nSPS) is 13.3. The molecule has 0 amide bonds. The summed E-state index contributed by atoms with van der Waals surface area (Å²) < 4.78 is 57.0. The molecule has 30 heavy (non-hydrogen) atoms. The first-order chi connectivity index (χ1) is 14.4. The van der Waals surface area contributed by atoms with E-state index in [2.05, 4.69) is 0 Å². The molecule has 0 aliphatic carbocycles. The van der Waals surface area contributed by atoms with Gasteiger partial charge in [0.1, 0.15) is 19.0 Å². The van der Waals surface area contributed by atoms with E-state index in [0.29, 0.717) is 36.7 Å². The van der Waals surface area contributed by atoms with Crippen LogP contribution in [0.15, 0.2) is 47.4 Å². The Morgan fingerprint density at radius 2 is 1.80 bits per heavy atom. The van der Waals surface area contributed by atoms with Gasteiger partial charge in [-0.2, -0.15) is 4.31 Å². The first-order valence-electron chi connectivity index (χ1n) is 9.70. The van der Waals surface area contributed by atoms with Gasteiger partial charge in [0, 0.05) is 25.6 Å². The fourth-order valence-electron chi connectivity index (χ4n) is 3.04. The van der Waals surface area contributed by atoms with Crippen LogP contribution >= 0.6 is 0 Å². The van der Waals surface area contributed by atoms with Crippen LogP contribution in [0.1, 0.15) is 25.3 Å². The van der Waals surface area contributed by atoms with Crippen molar-refractivity contribution in [2.24, 2.45) is 0 Å². The number of esters is 1. The molecule has 1 heterocycles. The molecule has 0 bridgehead atoms. The SMILES string of the molecule is CCOC(=O)CCCN(Cc1ccc(F)cc1)S(=O)(=O)c1ccc2c(c1)OCCO2. The zero-order valence-electron chi connectivity index (χ0n) is 16.7. The molecule has 3 rings (SSSR count). The average Bonchev–Trinajstić information content (AvgIpc) is 2.74. The maximum Gasteiger partial charge on any atom is 0.305 e. The topological polar surface area (TPSA) is 82.1 Å². The van der Waals surface area contributed by atoms with E-state index in [1.165, 1.54) is 40.7 Å². The number of carbonyl (C=O) groups is 1. The fraction of sp³-hybridized carbons (Fsp3) is 0.381. The molecule has 7 nitrogen and oxygen atoms in total. The van der Waals surface area contributed by atoms with Gasteiger partial charge < -0.3 is 14.2 Å². The number of benzene rings is 2. The Morgan fingerprint density at radius 3 is 2.50 bits per heavy atom. The van der Waals surface area contributed by atoms with Crippen LogP contribution in [0.3, 0.4) is 0 Å². The molecule has 0 saturated carbocycles. The van der Waals surface area contributed by atoms with Crippen LogP contribution in [0.5, 0.6) is 11.5 Å². The van der Waals surface area contributed by atoms with Crippen molar-refractivity contribution >= 4 is 16.0 Å². The van der Waals surface area contributed by atoms with Crippen molar-refractivity contribution in [1.29, 1.82) is 0 Å². The maximum absolute atomic E-state index is 13.3. The van der Waals surface area contributed by atoms with Crippen LogP contribution in [-0.2, 0) is 26.1 Å². The minimum atomic E-state index is -3.90. The second-order valence-corrected chi connectivity index (χ2v) is 8.62. The smallest absolute Gasteiger partial charge is 0.305 e. The molecule has 0 unspecified atom stereocenters. The summed E-state index contributed by atoms with van der Waals surface area (Å²) in [6.45, 7) is 2.88. The lowest BCUT2D eigenvalue weighted by Crippen LogP contribution is -2.32. The Hall–Kier alpha value is -2.65. The largest absolute Gasteiger partial charge is 0.486 e. The number of hydrogen-bond donors (Lipinski definition) is 0. The summed E-state index contributed by atoms with van der Waals surface area (Å²) >= 11 is 0. The van der Waals surface area contributed by atoms with Crippen LogP contribution < -0.4 is 9.47 Å². The summed E-state index contributed by atoms with van der Waals surface area (Å²) in [4.78, 5) is 11.7. The van der Waals surface area contributed by atoms with E-state index in [1.807, 2.05) is 0 Å². The van der Waals surface area contributed by atoms with Crippen molar-refractivity contribution in [3.8, 4) is 11.5 Å². The highest BCUT2D eigenvalue weighted by Gasteiger charge is 2.27. The molecule has 1 aliphatic rings. The van der Waals surface area contributed by atoms with Gasteiger partial charge in [0.2, 0.25) is 10.0 Å². The number of carbonyl (C=O) groups excluding carboxylic acids is 1. The maximum atomic E-state index is 13.3. The summed E-state index contributed by atoms with van der Waals surface area (Å²) in [7, 11) is -3.90. The summed E-state index contributed by atoms with van der Waals surface area (Å²) in [5.74, 6) is 0.0847. The predicted molar refractivity (Wildman–Crippen MR) is 107 cm³/mol. The van der Waals surface area contributed by atoms with Gasteiger partial charge in [0.05, 0.1) is 11.5 Å². The van der Waals surface area contributed by atoms with E-state index in [-0.39, 0.29) is 37.0 Å². The Kier molecular flexibility index (Phi) is 7.28. The molecule has 0 fully saturated rings. The van der Waals surface area contributed by atoms with Gasteiger partial charge >= 0.3 is 5.97 Å². The van der Waals surface area contributed by atoms with Gasteiger partial charge in [0.15, 0.2) is 11.5 Å². The Labute approximate surface area is 175 Å². The first-order valence-corrected chi connectivity index (χ1v) is 11.1. The molecule has 1 aliphatic heterocycles. The summed E-state index contributed by atoms with van der Waals surface area (Å²) in [5.41, 5.74) is 0.633. The number of fused-ring (bicyclic) bond motifs is 1. The summed E-state index contributed by atoms with van der Waals surface area (Å²) in [5, 5.41) is 0. The molecule has 0 atom stereocenters. The summed E-state index contributed by atoms with van der Waals surface area (Å²) in [6.07, 6.45) is 0.397. The number of rotatable bonds is 9. The molecule has 0 aromatic heterocycles. The fourth-order valence-corrected chi connectivity index (χ4v) is 4.53. The van der Waals surface area contributed by atoms with Crippen molar-refractivity contribution in [3.63, 3.8) is 0 Å². The molecular weight excluding hydrogens is 413 g/mol. The zero-order chi connectivity index (χ0) is 21.6.